The second-order valence-corrected chi connectivity index (χ2v) is 4.91. The van der Waals surface area contributed by atoms with E-state index in [0.29, 0.717) is 16.1 Å². The third-order valence-corrected chi connectivity index (χ3v) is 3.08. The van der Waals surface area contributed by atoms with Crippen LogP contribution in [0.15, 0.2) is 38.6 Å². The Bertz CT molecular complexity index is 446. The van der Waals surface area contributed by atoms with E-state index in [1.54, 1.807) is 18.5 Å². The third-order valence-electron chi connectivity index (χ3n) is 1.57. The predicted octanol–water partition coefficient (Wildman–Crippen LogP) is 3.78. The molecule has 2 heterocycles. The van der Waals surface area contributed by atoms with Crippen molar-refractivity contribution in [1.82, 2.24) is 9.97 Å². The van der Waals surface area contributed by atoms with Crippen LogP contribution in [0.25, 0.3) is 0 Å². The van der Waals surface area contributed by atoms with Gasteiger partial charge in [0.2, 0.25) is 0 Å². The summed E-state index contributed by atoms with van der Waals surface area (Å²) in [4.78, 5) is 8.26. The highest BCUT2D eigenvalue weighted by atomic mass is 79.9. The maximum Gasteiger partial charge on any atom is 0.193 e. The lowest BCUT2D eigenvalue weighted by Crippen LogP contribution is -1.85. The zero-order chi connectivity index (χ0) is 10.7. The molecule has 0 atom stereocenters. The molecule has 0 radical (unpaired) electrons. The van der Waals surface area contributed by atoms with Crippen LogP contribution in [0.1, 0.15) is 5.76 Å². The van der Waals surface area contributed by atoms with Crippen LogP contribution in [-0.2, 0) is 5.75 Å². The molecule has 0 amide bonds. The van der Waals surface area contributed by atoms with Gasteiger partial charge >= 0.3 is 0 Å². The number of hydrogen-bond acceptors (Lipinski definition) is 4. The van der Waals surface area contributed by atoms with Gasteiger partial charge in [0.05, 0.1) is 10.2 Å². The lowest BCUT2D eigenvalue weighted by atomic mass is 10.5. The largest absolute Gasteiger partial charge is 0.449 e. The lowest BCUT2D eigenvalue weighted by Gasteiger charge is -1.96. The van der Waals surface area contributed by atoms with Crippen LogP contribution in [0.3, 0.4) is 0 Å². The molecule has 0 aliphatic carbocycles. The first-order valence-corrected chi connectivity index (χ1v) is 6.24. The molecule has 0 aromatic carbocycles. The Labute approximate surface area is 104 Å². The smallest absolute Gasteiger partial charge is 0.193 e. The highest BCUT2D eigenvalue weighted by Gasteiger charge is 2.02. The second-order valence-electron chi connectivity index (χ2n) is 2.68. The van der Waals surface area contributed by atoms with Crippen LogP contribution in [0.2, 0.25) is 5.22 Å². The second kappa shape index (κ2) is 5.01. The van der Waals surface area contributed by atoms with Gasteiger partial charge in [0.1, 0.15) is 5.76 Å². The number of nitrogens with zero attached hydrogens (tertiary/aromatic N) is 2. The molecule has 0 fully saturated rings. The Kier molecular flexibility index (Phi) is 3.66. The quantitative estimate of drug-likeness (QED) is 0.639. The fourth-order valence-electron chi connectivity index (χ4n) is 0.940. The van der Waals surface area contributed by atoms with E-state index in [2.05, 4.69) is 25.9 Å². The first-order chi connectivity index (χ1) is 7.24. The molecule has 0 saturated carbocycles. The van der Waals surface area contributed by atoms with Gasteiger partial charge in [-0.25, -0.2) is 9.97 Å². The van der Waals surface area contributed by atoms with Crippen LogP contribution in [0, 0.1) is 0 Å². The first kappa shape index (κ1) is 11.0. The molecule has 0 unspecified atom stereocenters. The van der Waals surface area contributed by atoms with E-state index in [1.807, 2.05) is 6.07 Å². The van der Waals surface area contributed by atoms with Crippen molar-refractivity contribution in [2.75, 3.05) is 0 Å². The van der Waals surface area contributed by atoms with Gasteiger partial charge in [-0.3, -0.25) is 0 Å². The number of thioether (sulfide) groups is 1. The Morgan fingerprint density at radius 3 is 2.67 bits per heavy atom. The summed E-state index contributed by atoms with van der Waals surface area (Å²) < 4.78 is 6.08. The van der Waals surface area contributed by atoms with Crippen molar-refractivity contribution in [2.24, 2.45) is 0 Å². The minimum absolute atomic E-state index is 0.405. The monoisotopic (exact) mass is 304 g/mol. The van der Waals surface area contributed by atoms with Crippen LogP contribution >= 0.6 is 39.3 Å². The van der Waals surface area contributed by atoms with Gasteiger partial charge in [0.15, 0.2) is 10.4 Å². The highest BCUT2D eigenvalue weighted by molar-refractivity contribution is 9.10. The molecule has 15 heavy (non-hydrogen) atoms. The fourth-order valence-corrected chi connectivity index (χ4v) is 1.99. The Balaban J connectivity index is 1.96. The maximum absolute atomic E-state index is 5.65. The van der Waals surface area contributed by atoms with Gasteiger partial charge in [-0.05, 0) is 39.7 Å². The molecular weight excluding hydrogens is 300 g/mol. The van der Waals surface area contributed by atoms with Crippen LogP contribution in [0.4, 0.5) is 0 Å². The van der Waals surface area contributed by atoms with E-state index in [-0.39, 0.29) is 0 Å². The summed E-state index contributed by atoms with van der Waals surface area (Å²) in [5, 5.41) is 1.12. The predicted molar refractivity (Wildman–Crippen MR) is 63.0 cm³/mol. The molecule has 0 bridgehead atoms. The Morgan fingerprint density at radius 1 is 1.33 bits per heavy atom. The minimum atomic E-state index is 0.405. The van der Waals surface area contributed by atoms with Crippen LogP contribution < -0.4 is 0 Å². The van der Waals surface area contributed by atoms with Crippen molar-refractivity contribution in [3.05, 3.63) is 40.0 Å². The van der Waals surface area contributed by atoms with Crippen molar-refractivity contribution < 1.29 is 4.42 Å². The lowest BCUT2D eigenvalue weighted by molar-refractivity contribution is 0.532. The number of aromatic nitrogens is 2. The van der Waals surface area contributed by atoms with E-state index in [1.165, 1.54) is 11.8 Å². The molecule has 0 spiro atoms. The standard InChI is InChI=1S/C9H6BrClN2OS/c10-6-3-12-9(13-4-6)15-5-7-1-2-8(11)14-7/h1-4H,5H2. The SMILES string of the molecule is Clc1ccc(CSc2ncc(Br)cn2)o1. The van der Waals surface area contributed by atoms with Gasteiger partial charge < -0.3 is 4.42 Å². The normalized spacial score (nSPS) is 10.5. The summed E-state index contributed by atoms with van der Waals surface area (Å²) in [5.41, 5.74) is 0. The van der Waals surface area contributed by atoms with Crippen molar-refractivity contribution in [1.29, 1.82) is 0 Å². The fraction of sp³-hybridized carbons (Fsp3) is 0.111. The van der Waals surface area contributed by atoms with Crippen molar-refractivity contribution in [3.63, 3.8) is 0 Å². The molecule has 2 rings (SSSR count). The van der Waals surface area contributed by atoms with Gasteiger partial charge in [0, 0.05) is 12.4 Å². The molecule has 3 nitrogen and oxygen atoms in total. The van der Waals surface area contributed by atoms with Gasteiger partial charge in [0.25, 0.3) is 0 Å². The maximum atomic E-state index is 5.65. The van der Waals surface area contributed by atoms with Crippen LogP contribution in [0.5, 0.6) is 0 Å². The number of halogens is 2. The summed E-state index contributed by atoms with van der Waals surface area (Å²) >= 11 is 10.4. The van der Waals surface area contributed by atoms with E-state index in [4.69, 9.17) is 16.0 Å². The number of rotatable bonds is 3. The average molecular weight is 306 g/mol. The summed E-state index contributed by atoms with van der Waals surface area (Å²) in [6, 6.07) is 3.56. The molecule has 78 valence electrons. The molecule has 6 heteroatoms. The topological polar surface area (TPSA) is 38.9 Å². The zero-order valence-electron chi connectivity index (χ0n) is 7.48. The summed E-state index contributed by atoms with van der Waals surface area (Å²) in [6.45, 7) is 0. The van der Waals surface area contributed by atoms with E-state index < -0.39 is 0 Å². The highest BCUT2D eigenvalue weighted by Crippen LogP contribution is 2.22. The molecule has 0 saturated heterocycles. The van der Waals surface area contributed by atoms with E-state index in [9.17, 15) is 0 Å². The average Bonchev–Trinajstić information content (AvgIpc) is 2.64. The Morgan fingerprint density at radius 2 is 2.07 bits per heavy atom. The molecule has 0 N–H and O–H groups in total. The van der Waals surface area contributed by atoms with Gasteiger partial charge in [-0.1, -0.05) is 11.8 Å². The minimum Gasteiger partial charge on any atom is -0.449 e. The summed E-state index contributed by atoms with van der Waals surface area (Å²) in [5.74, 6) is 1.49. The van der Waals surface area contributed by atoms with Gasteiger partial charge in [-0.2, -0.15) is 0 Å². The third kappa shape index (κ3) is 3.22. The molecule has 2 aromatic rings. The van der Waals surface area contributed by atoms with Crippen molar-refractivity contribution in [2.45, 2.75) is 10.9 Å². The Hall–Kier alpha value is -0.520. The van der Waals surface area contributed by atoms with Crippen LogP contribution in [-0.4, -0.2) is 9.97 Å². The summed E-state index contributed by atoms with van der Waals surface area (Å²) in [7, 11) is 0. The number of hydrogen-bond donors (Lipinski definition) is 0. The molecule has 0 aliphatic heterocycles. The van der Waals surface area contributed by atoms with E-state index in [0.717, 1.165) is 10.2 Å². The van der Waals surface area contributed by atoms with E-state index >= 15 is 0 Å². The van der Waals surface area contributed by atoms with Gasteiger partial charge in [-0.15, -0.1) is 0 Å². The summed E-state index contributed by atoms with van der Waals surface area (Å²) in [6.07, 6.45) is 3.43. The zero-order valence-corrected chi connectivity index (χ0v) is 10.6. The van der Waals surface area contributed by atoms with Crippen molar-refractivity contribution in [3.8, 4) is 0 Å². The van der Waals surface area contributed by atoms with Crippen molar-refractivity contribution >= 4 is 39.3 Å². The molecule has 2 aromatic heterocycles. The molecule has 0 aliphatic rings. The number of furan rings is 1. The first-order valence-electron chi connectivity index (χ1n) is 4.08. The molecular formula is C9H6BrClN2OS.